The summed E-state index contributed by atoms with van der Waals surface area (Å²) in [5.74, 6) is -1.50. The molecule has 1 amide bonds. The van der Waals surface area contributed by atoms with Crippen molar-refractivity contribution in [3.8, 4) is 0 Å². The van der Waals surface area contributed by atoms with E-state index in [0.717, 1.165) is 12.0 Å². The van der Waals surface area contributed by atoms with Crippen LogP contribution in [0.2, 0.25) is 0 Å². The number of ether oxygens (including phenoxy) is 1. The van der Waals surface area contributed by atoms with Crippen LogP contribution in [0.1, 0.15) is 38.7 Å². The normalized spacial score (nSPS) is 14.5. The molecule has 3 N–H and O–H groups in total. The molecule has 0 radical (unpaired) electrons. The van der Waals surface area contributed by atoms with Gasteiger partial charge in [0, 0.05) is 5.69 Å². The number of hydrogen-bond acceptors (Lipinski definition) is 5. The van der Waals surface area contributed by atoms with Gasteiger partial charge in [-0.1, -0.05) is 56.7 Å². The number of primary sulfonamides is 1. The Balaban J connectivity index is 2.10. The lowest BCUT2D eigenvalue weighted by molar-refractivity contribution is -0.155. The summed E-state index contributed by atoms with van der Waals surface area (Å²) in [6.45, 7) is 5.42. The summed E-state index contributed by atoms with van der Waals surface area (Å²) in [6.07, 6.45) is -0.286. The molecule has 0 heterocycles. The van der Waals surface area contributed by atoms with Gasteiger partial charge in [0.2, 0.25) is 10.0 Å². The molecule has 2 rings (SSSR count). The largest absolute Gasteiger partial charge is 0.452 e. The molecule has 0 fully saturated rings. The van der Waals surface area contributed by atoms with Gasteiger partial charge in [-0.15, -0.1) is 0 Å². The molecule has 0 aliphatic heterocycles. The fraction of sp³-hybridized carbons (Fsp3) is 0.333. The van der Waals surface area contributed by atoms with Crippen LogP contribution >= 0.6 is 0 Å². The number of hydrogen-bond donors (Lipinski definition) is 2. The molecule has 2 aromatic rings. The van der Waals surface area contributed by atoms with Crippen LogP contribution in [0.5, 0.6) is 0 Å². The zero-order valence-electron chi connectivity index (χ0n) is 16.7. The second-order valence-electron chi connectivity index (χ2n) is 6.92. The lowest BCUT2D eigenvalue weighted by atomic mass is 9.85. The quantitative estimate of drug-likeness (QED) is 0.639. The number of sulfonamides is 1. The Hall–Kier alpha value is -2.71. The van der Waals surface area contributed by atoms with Crippen molar-refractivity contribution in [2.75, 3.05) is 5.32 Å². The molecule has 29 heavy (non-hydrogen) atoms. The van der Waals surface area contributed by atoms with Gasteiger partial charge >= 0.3 is 5.97 Å². The molecule has 0 aliphatic carbocycles. The van der Waals surface area contributed by atoms with Crippen molar-refractivity contribution in [2.24, 2.45) is 11.1 Å². The zero-order valence-corrected chi connectivity index (χ0v) is 17.5. The summed E-state index contributed by atoms with van der Waals surface area (Å²) in [4.78, 5) is 25.1. The molecule has 0 spiro atoms. The Morgan fingerprint density at radius 2 is 1.72 bits per heavy atom. The van der Waals surface area contributed by atoms with Gasteiger partial charge in [-0.3, -0.25) is 9.59 Å². The Morgan fingerprint density at radius 3 is 2.31 bits per heavy atom. The van der Waals surface area contributed by atoms with E-state index >= 15 is 0 Å². The van der Waals surface area contributed by atoms with Crippen molar-refractivity contribution < 1.29 is 22.7 Å². The van der Waals surface area contributed by atoms with Crippen LogP contribution in [0.15, 0.2) is 59.5 Å². The third-order valence-corrected chi connectivity index (χ3v) is 5.63. The summed E-state index contributed by atoms with van der Waals surface area (Å²) in [5, 5.41) is 7.65. The monoisotopic (exact) mass is 418 g/mol. The molecule has 0 aromatic heterocycles. The predicted octanol–water partition coefficient (Wildman–Crippen LogP) is 3.03. The van der Waals surface area contributed by atoms with E-state index in [9.17, 15) is 18.0 Å². The minimum atomic E-state index is -3.89. The van der Waals surface area contributed by atoms with E-state index in [1.807, 2.05) is 44.2 Å². The number of anilines is 1. The van der Waals surface area contributed by atoms with Crippen molar-refractivity contribution in [3.63, 3.8) is 0 Å². The maximum atomic E-state index is 12.8. The number of esters is 1. The first-order chi connectivity index (χ1) is 13.6. The number of nitrogens with two attached hydrogens (primary N) is 1. The molecule has 0 aliphatic rings. The maximum absolute atomic E-state index is 12.8. The predicted molar refractivity (Wildman–Crippen MR) is 111 cm³/mol. The van der Waals surface area contributed by atoms with E-state index in [1.54, 1.807) is 0 Å². The molecule has 7 nitrogen and oxygen atoms in total. The number of benzene rings is 2. The molecule has 8 heteroatoms. The van der Waals surface area contributed by atoms with Crippen molar-refractivity contribution in [2.45, 2.75) is 44.1 Å². The average molecular weight is 419 g/mol. The molecular formula is C21H26N2O5S. The third kappa shape index (κ3) is 6.13. The van der Waals surface area contributed by atoms with Gasteiger partial charge < -0.3 is 10.1 Å². The van der Waals surface area contributed by atoms with Crippen LogP contribution in [0.4, 0.5) is 5.69 Å². The van der Waals surface area contributed by atoms with Crippen LogP contribution in [-0.2, 0) is 24.3 Å². The van der Waals surface area contributed by atoms with Crippen LogP contribution < -0.4 is 10.5 Å². The zero-order chi connectivity index (χ0) is 21.6. The second-order valence-corrected chi connectivity index (χ2v) is 8.48. The SMILES string of the molecule is CC[C@H](C)[C@H](C(=O)O[C@@H](C)C(=O)Nc1cccc(S(N)(=O)=O)c1)c1ccccc1. The second kappa shape index (κ2) is 9.67. The van der Waals surface area contributed by atoms with Gasteiger partial charge in [0.15, 0.2) is 6.10 Å². The molecule has 3 atom stereocenters. The van der Waals surface area contributed by atoms with E-state index in [-0.39, 0.29) is 16.5 Å². The summed E-state index contributed by atoms with van der Waals surface area (Å²) in [7, 11) is -3.89. The number of carbonyl (C=O) groups is 2. The number of rotatable bonds is 8. The first-order valence-electron chi connectivity index (χ1n) is 9.32. The van der Waals surface area contributed by atoms with Crippen molar-refractivity contribution in [1.29, 1.82) is 0 Å². The Labute approximate surface area is 171 Å². The average Bonchev–Trinajstić information content (AvgIpc) is 2.68. The molecule has 0 unspecified atom stereocenters. The molecule has 156 valence electrons. The summed E-state index contributed by atoms with van der Waals surface area (Å²) < 4.78 is 28.3. The molecule has 0 bridgehead atoms. The Bertz CT molecular complexity index is 960. The van der Waals surface area contributed by atoms with E-state index < -0.39 is 33.9 Å². The fourth-order valence-corrected chi connectivity index (χ4v) is 3.45. The van der Waals surface area contributed by atoms with E-state index in [4.69, 9.17) is 9.88 Å². The van der Waals surface area contributed by atoms with E-state index in [1.165, 1.54) is 31.2 Å². The molecule has 2 aromatic carbocycles. The van der Waals surface area contributed by atoms with Crippen LogP contribution in [0, 0.1) is 5.92 Å². The smallest absolute Gasteiger partial charge is 0.314 e. The first kappa shape index (κ1) is 22.6. The molecule has 0 saturated carbocycles. The van der Waals surface area contributed by atoms with Gasteiger partial charge in [0.1, 0.15) is 0 Å². The first-order valence-corrected chi connectivity index (χ1v) is 10.9. The Morgan fingerprint density at radius 1 is 1.07 bits per heavy atom. The number of amides is 1. The fourth-order valence-electron chi connectivity index (χ4n) is 2.89. The minimum absolute atomic E-state index is 0.0339. The maximum Gasteiger partial charge on any atom is 0.314 e. The van der Waals surface area contributed by atoms with Crippen LogP contribution in [-0.4, -0.2) is 26.4 Å². The van der Waals surface area contributed by atoms with E-state index in [0.29, 0.717) is 0 Å². The number of nitrogens with one attached hydrogen (secondary N) is 1. The van der Waals surface area contributed by atoms with E-state index in [2.05, 4.69) is 5.32 Å². The molecule has 0 saturated heterocycles. The van der Waals surface area contributed by atoms with Gasteiger partial charge in [0.25, 0.3) is 5.91 Å². The highest BCUT2D eigenvalue weighted by molar-refractivity contribution is 7.89. The van der Waals surface area contributed by atoms with Crippen LogP contribution in [0.25, 0.3) is 0 Å². The summed E-state index contributed by atoms with van der Waals surface area (Å²) in [5.41, 5.74) is 1.08. The van der Waals surface area contributed by atoms with Gasteiger partial charge in [-0.05, 0) is 36.6 Å². The van der Waals surface area contributed by atoms with Gasteiger partial charge in [-0.2, -0.15) is 0 Å². The lowest BCUT2D eigenvalue weighted by Crippen LogP contribution is -2.33. The van der Waals surface area contributed by atoms with Gasteiger partial charge in [0.05, 0.1) is 10.8 Å². The Kier molecular flexibility index (Phi) is 7.53. The number of carbonyl (C=O) groups excluding carboxylic acids is 2. The third-order valence-electron chi connectivity index (χ3n) is 4.72. The minimum Gasteiger partial charge on any atom is -0.452 e. The van der Waals surface area contributed by atoms with Crippen molar-refractivity contribution in [3.05, 3.63) is 60.2 Å². The summed E-state index contributed by atoms with van der Waals surface area (Å²) >= 11 is 0. The van der Waals surface area contributed by atoms with Crippen molar-refractivity contribution >= 4 is 27.6 Å². The highest BCUT2D eigenvalue weighted by Gasteiger charge is 2.30. The van der Waals surface area contributed by atoms with Gasteiger partial charge in [-0.25, -0.2) is 13.6 Å². The standard InChI is InChI=1S/C21H26N2O5S/c1-4-14(2)19(16-9-6-5-7-10-16)21(25)28-15(3)20(24)23-17-11-8-12-18(13-17)29(22,26)27/h5-15,19H,4H2,1-3H3,(H,23,24)(H2,22,26,27)/t14-,15-,19-/m0/s1. The highest BCUT2D eigenvalue weighted by atomic mass is 32.2. The molecular weight excluding hydrogens is 392 g/mol. The lowest BCUT2D eigenvalue weighted by Gasteiger charge is -2.24. The van der Waals surface area contributed by atoms with Crippen molar-refractivity contribution in [1.82, 2.24) is 0 Å². The highest BCUT2D eigenvalue weighted by Crippen LogP contribution is 2.28. The van der Waals surface area contributed by atoms with Crippen LogP contribution in [0.3, 0.4) is 0 Å². The summed E-state index contributed by atoms with van der Waals surface area (Å²) in [6, 6.07) is 14.9. The topological polar surface area (TPSA) is 116 Å².